The van der Waals surface area contributed by atoms with Gasteiger partial charge in [-0.1, -0.05) is 13.8 Å². The van der Waals surface area contributed by atoms with Gasteiger partial charge in [-0.15, -0.1) is 0 Å². The first-order valence-corrected chi connectivity index (χ1v) is 6.96. The van der Waals surface area contributed by atoms with E-state index in [1.54, 1.807) is 13.3 Å². The van der Waals surface area contributed by atoms with Crippen LogP contribution in [0.2, 0.25) is 0 Å². The summed E-state index contributed by atoms with van der Waals surface area (Å²) in [5, 5.41) is 16.4. The molecule has 1 aromatic heterocycles. The topological polar surface area (TPSA) is 70.1 Å². The third-order valence-electron chi connectivity index (χ3n) is 3.33. The number of nitrogens with zero attached hydrogens (tertiary/aromatic N) is 2. The minimum Gasteiger partial charge on any atom is -0.391 e. The Morgan fingerprint density at radius 2 is 1.89 bits per heavy atom. The van der Waals surface area contributed by atoms with Crippen molar-refractivity contribution < 1.29 is 5.11 Å². The molecule has 0 bridgehead atoms. The molecule has 3 N–H and O–H groups in total. The third kappa shape index (κ3) is 4.06. The van der Waals surface area contributed by atoms with Crippen LogP contribution < -0.4 is 10.6 Å². The van der Waals surface area contributed by atoms with Crippen molar-refractivity contribution in [2.75, 3.05) is 17.2 Å². The van der Waals surface area contributed by atoms with E-state index in [1.807, 2.05) is 13.8 Å². The molecular weight excluding hydrogens is 240 g/mol. The minimum absolute atomic E-state index is 0.430. The van der Waals surface area contributed by atoms with Crippen molar-refractivity contribution in [3.05, 3.63) is 11.9 Å². The lowest BCUT2D eigenvalue weighted by Crippen LogP contribution is -2.42. The van der Waals surface area contributed by atoms with Crippen LogP contribution in [0.25, 0.3) is 0 Å². The maximum atomic E-state index is 9.79. The zero-order valence-electron chi connectivity index (χ0n) is 12.6. The number of hydrogen-bond donors (Lipinski definition) is 3. The van der Waals surface area contributed by atoms with Gasteiger partial charge in [-0.2, -0.15) is 0 Å². The van der Waals surface area contributed by atoms with E-state index in [0.717, 1.165) is 36.6 Å². The van der Waals surface area contributed by atoms with Crippen LogP contribution in [0.4, 0.5) is 11.6 Å². The summed E-state index contributed by atoms with van der Waals surface area (Å²) in [6.07, 6.45) is 2.97. The predicted octanol–water partition coefficient (Wildman–Crippen LogP) is 2.43. The summed E-state index contributed by atoms with van der Waals surface area (Å²) in [6, 6.07) is 0. The van der Waals surface area contributed by atoms with Gasteiger partial charge in [0.05, 0.1) is 11.6 Å². The van der Waals surface area contributed by atoms with Gasteiger partial charge in [-0.25, -0.2) is 9.97 Å². The minimum atomic E-state index is -0.473. The van der Waals surface area contributed by atoms with Gasteiger partial charge in [0.1, 0.15) is 18.0 Å². The van der Waals surface area contributed by atoms with Crippen molar-refractivity contribution in [2.24, 2.45) is 0 Å². The van der Waals surface area contributed by atoms with E-state index in [-0.39, 0.29) is 0 Å². The molecule has 0 aliphatic rings. The first-order valence-electron chi connectivity index (χ1n) is 6.96. The first-order chi connectivity index (χ1) is 8.92. The Morgan fingerprint density at radius 3 is 2.42 bits per heavy atom. The molecule has 108 valence electrons. The van der Waals surface area contributed by atoms with Gasteiger partial charge in [0.15, 0.2) is 0 Å². The molecule has 0 spiro atoms. The summed E-state index contributed by atoms with van der Waals surface area (Å²) in [5.74, 6) is 1.67. The maximum absolute atomic E-state index is 9.79. The molecule has 1 aromatic rings. The number of rotatable bonds is 7. The van der Waals surface area contributed by atoms with Gasteiger partial charge in [0.25, 0.3) is 0 Å². The monoisotopic (exact) mass is 266 g/mol. The molecule has 0 saturated heterocycles. The Labute approximate surface area is 115 Å². The number of aromatic nitrogens is 2. The smallest absolute Gasteiger partial charge is 0.135 e. The maximum Gasteiger partial charge on any atom is 0.135 e. The Kier molecular flexibility index (Phi) is 5.54. The van der Waals surface area contributed by atoms with E-state index >= 15 is 0 Å². The number of nitrogens with one attached hydrogen (secondary N) is 2. The van der Waals surface area contributed by atoms with Crippen LogP contribution >= 0.6 is 0 Å². The molecule has 0 aromatic carbocycles. The average Bonchev–Trinajstić information content (AvgIpc) is 2.35. The molecule has 1 heterocycles. The van der Waals surface area contributed by atoms with Crippen LogP contribution in [0.1, 0.15) is 46.6 Å². The van der Waals surface area contributed by atoms with E-state index in [4.69, 9.17) is 0 Å². The molecule has 5 heteroatoms. The van der Waals surface area contributed by atoms with E-state index in [1.165, 1.54) is 0 Å². The van der Waals surface area contributed by atoms with Crippen molar-refractivity contribution in [1.29, 1.82) is 0 Å². The summed E-state index contributed by atoms with van der Waals surface area (Å²) < 4.78 is 0. The van der Waals surface area contributed by atoms with Crippen molar-refractivity contribution >= 4 is 11.6 Å². The second kappa shape index (κ2) is 6.70. The highest BCUT2D eigenvalue weighted by atomic mass is 16.3. The second-order valence-electron chi connectivity index (χ2n) is 5.35. The van der Waals surface area contributed by atoms with E-state index in [0.29, 0.717) is 0 Å². The van der Waals surface area contributed by atoms with Gasteiger partial charge in [-0.3, -0.25) is 0 Å². The van der Waals surface area contributed by atoms with Crippen molar-refractivity contribution in [1.82, 2.24) is 9.97 Å². The summed E-state index contributed by atoms with van der Waals surface area (Å²) in [6.45, 7) is 10.8. The summed E-state index contributed by atoms with van der Waals surface area (Å²) >= 11 is 0. The van der Waals surface area contributed by atoms with Gasteiger partial charge in [0, 0.05) is 12.1 Å². The number of aliphatic hydroxyl groups is 1. The molecule has 0 amide bonds. The van der Waals surface area contributed by atoms with Gasteiger partial charge < -0.3 is 15.7 Å². The molecule has 0 radical (unpaired) electrons. The van der Waals surface area contributed by atoms with Crippen LogP contribution in [-0.2, 0) is 6.42 Å². The van der Waals surface area contributed by atoms with Gasteiger partial charge in [0.2, 0.25) is 0 Å². The number of anilines is 2. The van der Waals surface area contributed by atoms with Crippen LogP contribution in [-0.4, -0.2) is 33.3 Å². The molecule has 1 rings (SSSR count). The molecule has 1 atom stereocenters. The standard InChI is InChI=1S/C14H26N4O/c1-6-8-15-12-11(7-2)13(17-9-16-12)18-14(4,5)10(3)19/h9-10,19H,6-8H2,1-5H3,(H2,15,16,17,18). The largest absolute Gasteiger partial charge is 0.391 e. The quantitative estimate of drug-likeness (QED) is 0.707. The Hall–Kier alpha value is -1.36. The summed E-state index contributed by atoms with van der Waals surface area (Å²) in [5.41, 5.74) is 0.630. The highest BCUT2D eigenvalue weighted by Crippen LogP contribution is 2.24. The normalized spacial score (nSPS) is 13.2. The molecule has 0 aliphatic heterocycles. The predicted molar refractivity (Wildman–Crippen MR) is 79.6 cm³/mol. The lowest BCUT2D eigenvalue weighted by atomic mass is 9.98. The third-order valence-corrected chi connectivity index (χ3v) is 3.33. The van der Waals surface area contributed by atoms with E-state index in [2.05, 4.69) is 34.4 Å². The number of hydrogen-bond acceptors (Lipinski definition) is 5. The zero-order chi connectivity index (χ0) is 14.5. The van der Waals surface area contributed by atoms with Crippen molar-refractivity contribution in [3.63, 3.8) is 0 Å². The van der Waals surface area contributed by atoms with Crippen LogP contribution in [0.3, 0.4) is 0 Å². The fourth-order valence-corrected chi connectivity index (χ4v) is 1.66. The molecular formula is C14H26N4O. The fourth-order valence-electron chi connectivity index (χ4n) is 1.66. The van der Waals surface area contributed by atoms with Gasteiger partial charge in [-0.05, 0) is 33.6 Å². The molecule has 1 unspecified atom stereocenters. The highest BCUT2D eigenvalue weighted by Gasteiger charge is 2.25. The Bertz CT molecular complexity index is 404. The summed E-state index contributed by atoms with van der Waals surface area (Å²) in [7, 11) is 0. The molecule has 19 heavy (non-hydrogen) atoms. The lowest BCUT2D eigenvalue weighted by Gasteiger charge is -2.31. The molecule has 0 aliphatic carbocycles. The van der Waals surface area contributed by atoms with Crippen molar-refractivity contribution in [3.8, 4) is 0 Å². The fraction of sp³-hybridized carbons (Fsp3) is 0.714. The zero-order valence-corrected chi connectivity index (χ0v) is 12.6. The average molecular weight is 266 g/mol. The Morgan fingerprint density at radius 1 is 1.26 bits per heavy atom. The van der Waals surface area contributed by atoms with E-state index in [9.17, 15) is 5.11 Å². The van der Waals surface area contributed by atoms with Gasteiger partial charge >= 0.3 is 0 Å². The van der Waals surface area contributed by atoms with Crippen LogP contribution in [0.5, 0.6) is 0 Å². The van der Waals surface area contributed by atoms with E-state index < -0.39 is 11.6 Å². The Balaban J connectivity index is 3.00. The van der Waals surface area contributed by atoms with Crippen molar-refractivity contribution in [2.45, 2.75) is 59.1 Å². The second-order valence-corrected chi connectivity index (χ2v) is 5.35. The molecule has 0 saturated carbocycles. The number of aliphatic hydroxyl groups excluding tert-OH is 1. The van der Waals surface area contributed by atoms with Crippen LogP contribution in [0.15, 0.2) is 6.33 Å². The summed E-state index contributed by atoms with van der Waals surface area (Å²) in [4.78, 5) is 8.61. The molecule has 0 fully saturated rings. The molecule has 5 nitrogen and oxygen atoms in total. The highest BCUT2D eigenvalue weighted by molar-refractivity contribution is 5.58. The van der Waals surface area contributed by atoms with Crippen LogP contribution in [0, 0.1) is 0 Å². The lowest BCUT2D eigenvalue weighted by molar-refractivity contribution is 0.133. The first kappa shape index (κ1) is 15.7. The SMILES string of the molecule is CCCNc1ncnc(NC(C)(C)C(C)O)c1CC.